The molecule has 0 aliphatic carbocycles. The van der Waals surface area contributed by atoms with E-state index in [9.17, 15) is 4.79 Å². The van der Waals surface area contributed by atoms with Crippen LogP contribution in [0.25, 0.3) is 5.65 Å². The van der Waals surface area contributed by atoms with Crippen molar-refractivity contribution in [1.82, 2.24) is 24.7 Å². The van der Waals surface area contributed by atoms with Gasteiger partial charge in [-0.15, -0.1) is 0 Å². The Kier molecular flexibility index (Phi) is 3.53. The molecule has 102 valence electrons. The summed E-state index contributed by atoms with van der Waals surface area (Å²) in [5.74, 6) is 0. The summed E-state index contributed by atoms with van der Waals surface area (Å²) in [6.07, 6.45) is 3.47. The molecule has 0 aromatic carbocycles. The molecule has 0 aliphatic rings. The second-order valence-corrected chi connectivity index (χ2v) is 5.14. The Morgan fingerprint density at radius 1 is 1.40 bits per heavy atom. The molecule has 3 aromatic heterocycles. The van der Waals surface area contributed by atoms with E-state index < -0.39 is 0 Å². The molecule has 20 heavy (non-hydrogen) atoms. The number of hydrogen-bond acceptors (Lipinski definition) is 5. The maximum absolute atomic E-state index is 11.3. The minimum absolute atomic E-state index is 0.165. The van der Waals surface area contributed by atoms with E-state index in [2.05, 4.69) is 20.3 Å². The first-order valence-electron chi connectivity index (χ1n) is 6.11. The summed E-state index contributed by atoms with van der Waals surface area (Å²) in [5.41, 5.74) is 1.75. The Hall–Kier alpha value is -2.12. The molecule has 2 N–H and O–H groups in total. The van der Waals surface area contributed by atoms with E-state index in [1.807, 2.05) is 35.8 Å². The van der Waals surface area contributed by atoms with E-state index in [1.165, 1.54) is 24.0 Å². The third kappa shape index (κ3) is 2.45. The normalized spacial score (nSPS) is 11.1. The van der Waals surface area contributed by atoms with Crippen LogP contribution in [0.1, 0.15) is 5.69 Å². The predicted octanol–water partition coefficient (Wildman–Crippen LogP) is 1.29. The molecule has 0 fully saturated rings. The lowest BCUT2D eigenvalue weighted by Gasteiger charge is -2.03. The quantitative estimate of drug-likeness (QED) is 0.707. The summed E-state index contributed by atoms with van der Waals surface area (Å²) in [4.78, 5) is 22.7. The van der Waals surface area contributed by atoms with Gasteiger partial charge in [-0.05, 0) is 30.9 Å². The van der Waals surface area contributed by atoms with Gasteiger partial charge in [0.05, 0.1) is 5.69 Å². The van der Waals surface area contributed by atoms with Gasteiger partial charge in [-0.25, -0.2) is 9.97 Å². The van der Waals surface area contributed by atoms with Crippen LogP contribution in [-0.2, 0) is 6.54 Å². The van der Waals surface area contributed by atoms with Crippen molar-refractivity contribution in [2.24, 2.45) is 0 Å². The van der Waals surface area contributed by atoms with Crippen molar-refractivity contribution < 1.29 is 0 Å². The monoisotopic (exact) mass is 287 g/mol. The van der Waals surface area contributed by atoms with E-state index in [0.717, 1.165) is 16.4 Å². The highest BCUT2D eigenvalue weighted by Crippen LogP contribution is 2.27. The third-order valence-corrected chi connectivity index (χ3v) is 3.70. The lowest BCUT2D eigenvalue weighted by Crippen LogP contribution is -2.09. The number of aromatic amines is 1. The fraction of sp³-hybridized carbons (Fsp3) is 0.154. The largest absolute Gasteiger partial charge is 0.314 e. The van der Waals surface area contributed by atoms with E-state index in [0.29, 0.717) is 11.7 Å². The summed E-state index contributed by atoms with van der Waals surface area (Å²) >= 11 is 1.36. The Balaban J connectivity index is 2.06. The van der Waals surface area contributed by atoms with Crippen molar-refractivity contribution in [1.29, 1.82) is 0 Å². The van der Waals surface area contributed by atoms with E-state index in [1.54, 1.807) is 0 Å². The molecule has 0 unspecified atom stereocenters. The van der Waals surface area contributed by atoms with E-state index >= 15 is 0 Å². The van der Waals surface area contributed by atoms with Crippen LogP contribution in [0.2, 0.25) is 0 Å². The summed E-state index contributed by atoms with van der Waals surface area (Å²) < 4.78 is 2.03. The van der Waals surface area contributed by atoms with Crippen LogP contribution >= 0.6 is 11.8 Å². The number of H-pyrrole nitrogens is 1. The molecule has 7 heteroatoms. The van der Waals surface area contributed by atoms with Gasteiger partial charge in [0.1, 0.15) is 10.7 Å². The van der Waals surface area contributed by atoms with Crippen LogP contribution in [0.3, 0.4) is 0 Å². The van der Waals surface area contributed by atoms with Gasteiger partial charge in [-0.3, -0.25) is 4.79 Å². The molecule has 0 bridgehead atoms. The van der Waals surface area contributed by atoms with Gasteiger partial charge in [0.25, 0.3) is 5.56 Å². The van der Waals surface area contributed by atoms with Gasteiger partial charge in [-0.2, -0.15) is 0 Å². The highest BCUT2D eigenvalue weighted by Gasteiger charge is 2.13. The SMILES string of the molecule is CNCc1c(Sc2nccc(=O)[nH]2)nc2ccccn12. The van der Waals surface area contributed by atoms with Gasteiger partial charge >= 0.3 is 0 Å². The Morgan fingerprint density at radius 2 is 2.30 bits per heavy atom. The third-order valence-electron chi connectivity index (χ3n) is 2.78. The number of pyridine rings is 1. The molecular formula is C13H13N5OS. The Morgan fingerprint density at radius 3 is 3.10 bits per heavy atom. The zero-order valence-corrected chi connectivity index (χ0v) is 11.6. The van der Waals surface area contributed by atoms with Gasteiger partial charge in [0.15, 0.2) is 5.16 Å². The standard InChI is InChI=1S/C13H13N5OS/c1-14-8-9-12(16-10-4-2-3-7-18(9)10)20-13-15-6-5-11(19)17-13/h2-7,14H,8H2,1H3,(H,15,17,19). The van der Waals surface area contributed by atoms with Crippen LogP contribution in [0.15, 0.2) is 51.6 Å². The Bertz CT molecular complexity index is 795. The number of rotatable bonds is 4. The Labute approximate surface area is 119 Å². The zero-order chi connectivity index (χ0) is 13.9. The molecule has 0 aliphatic heterocycles. The minimum atomic E-state index is -0.165. The summed E-state index contributed by atoms with van der Waals surface area (Å²) in [7, 11) is 1.89. The summed E-state index contributed by atoms with van der Waals surface area (Å²) in [6, 6.07) is 7.25. The molecular weight excluding hydrogens is 274 g/mol. The van der Waals surface area contributed by atoms with Crippen molar-refractivity contribution in [3.63, 3.8) is 0 Å². The number of aromatic nitrogens is 4. The lowest BCUT2D eigenvalue weighted by atomic mass is 10.4. The second-order valence-electron chi connectivity index (χ2n) is 4.16. The number of nitrogens with one attached hydrogen (secondary N) is 2. The van der Waals surface area contributed by atoms with Crippen molar-refractivity contribution in [2.75, 3.05) is 7.05 Å². The zero-order valence-electron chi connectivity index (χ0n) is 10.8. The fourth-order valence-corrected chi connectivity index (χ4v) is 2.81. The highest BCUT2D eigenvalue weighted by atomic mass is 32.2. The minimum Gasteiger partial charge on any atom is -0.314 e. The first-order chi connectivity index (χ1) is 9.78. The molecule has 0 amide bonds. The number of nitrogens with zero attached hydrogens (tertiary/aromatic N) is 3. The molecule has 0 atom stereocenters. The van der Waals surface area contributed by atoms with Crippen LogP contribution < -0.4 is 10.9 Å². The van der Waals surface area contributed by atoms with E-state index in [-0.39, 0.29) is 5.56 Å². The van der Waals surface area contributed by atoms with Crippen LogP contribution in [0, 0.1) is 0 Å². The van der Waals surface area contributed by atoms with Crippen molar-refractivity contribution in [2.45, 2.75) is 16.7 Å². The average Bonchev–Trinajstić information content (AvgIpc) is 2.77. The number of imidazole rings is 1. The topological polar surface area (TPSA) is 75.1 Å². The summed E-state index contributed by atoms with van der Waals surface area (Å²) in [6.45, 7) is 0.685. The summed E-state index contributed by atoms with van der Waals surface area (Å²) in [5, 5.41) is 4.51. The number of fused-ring (bicyclic) bond motifs is 1. The van der Waals surface area contributed by atoms with Crippen molar-refractivity contribution in [3.05, 3.63) is 52.7 Å². The molecule has 0 saturated carbocycles. The predicted molar refractivity (Wildman–Crippen MR) is 76.9 cm³/mol. The first-order valence-corrected chi connectivity index (χ1v) is 6.93. The van der Waals surface area contributed by atoms with Gasteiger partial charge in [0.2, 0.25) is 0 Å². The van der Waals surface area contributed by atoms with Crippen LogP contribution in [0.4, 0.5) is 0 Å². The van der Waals surface area contributed by atoms with E-state index in [4.69, 9.17) is 0 Å². The average molecular weight is 287 g/mol. The highest BCUT2D eigenvalue weighted by molar-refractivity contribution is 7.99. The van der Waals surface area contributed by atoms with Crippen LogP contribution in [0.5, 0.6) is 0 Å². The second kappa shape index (κ2) is 5.48. The van der Waals surface area contributed by atoms with Crippen molar-refractivity contribution in [3.8, 4) is 0 Å². The molecule has 3 aromatic rings. The molecule has 3 heterocycles. The smallest absolute Gasteiger partial charge is 0.251 e. The van der Waals surface area contributed by atoms with Gasteiger partial charge in [-0.1, -0.05) is 6.07 Å². The molecule has 6 nitrogen and oxygen atoms in total. The lowest BCUT2D eigenvalue weighted by molar-refractivity contribution is 0.763. The number of hydrogen-bond donors (Lipinski definition) is 2. The maximum Gasteiger partial charge on any atom is 0.251 e. The van der Waals surface area contributed by atoms with Gasteiger partial charge < -0.3 is 14.7 Å². The maximum atomic E-state index is 11.3. The van der Waals surface area contributed by atoms with Crippen molar-refractivity contribution >= 4 is 17.4 Å². The van der Waals surface area contributed by atoms with Gasteiger partial charge in [0, 0.05) is 25.0 Å². The molecule has 0 saturated heterocycles. The molecule has 3 rings (SSSR count). The fourth-order valence-electron chi connectivity index (χ4n) is 1.93. The molecule has 0 spiro atoms. The van der Waals surface area contributed by atoms with Crippen LogP contribution in [-0.4, -0.2) is 26.4 Å². The first kappa shape index (κ1) is 12.9. The molecule has 0 radical (unpaired) electrons.